The highest BCUT2D eigenvalue weighted by Gasteiger charge is 2.51. The number of rotatable bonds is 12. The summed E-state index contributed by atoms with van der Waals surface area (Å²) in [5.74, 6) is -0.502. The van der Waals surface area contributed by atoms with Crippen molar-refractivity contribution in [2.75, 3.05) is 36.0 Å². The first-order chi connectivity index (χ1) is 36.3. The smallest absolute Gasteiger partial charge is 0.405 e. The van der Waals surface area contributed by atoms with Crippen LogP contribution in [0.3, 0.4) is 0 Å². The van der Waals surface area contributed by atoms with E-state index >= 15 is 8.78 Å². The molecule has 6 aliphatic rings. The molecule has 4 aliphatic heterocycles. The maximum absolute atomic E-state index is 16.7. The summed E-state index contributed by atoms with van der Waals surface area (Å²) in [6.45, 7) is 6.50. The summed E-state index contributed by atoms with van der Waals surface area (Å²) in [7, 11) is 0. The third-order valence-electron chi connectivity index (χ3n) is 18.3. The number of imidazole rings is 2. The van der Waals surface area contributed by atoms with Crippen LogP contribution in [0.2, 0.25) is 0 Å². The van der Waals surface area contributed by atoms with Gasteiger partial charge in [-0.05, 0) is 149 Å². The van der Waals surface area contributed by atoms with Crippen molar-refractivity contribution in [3.05, 3.63) is 82.9 Å². The number of carbonyl (C=O) groups excluding carboxylic acids is 2. The van der Waals surface area contributed by atoms with E-state index < -0.39 is 41.4 Å². The Morgan fingerprint density at radius 3 is 1.64 bits per heavy atom. The Morgan fingerprint density at radius 2 is 1.12 bits per heavy atom. The van der Waals surface area contributed by atoms with E-state index in [-0.39, 0.29) is 53.4 Å². The third-order valence-corrected chi connectivity index (χ3v) is 18.3. The Balaban J connectivity index is 0.927. The molecule has 2 aromatic heterocycles. The lowest BCUT2D eigenvalue weighted by Crippen LogP contribution is -2.52. The average Bonchev–Trinajstić information content (AvgIpc) is 4.30. The maximum Gasteiger partial charge on any atom is 0.405 e. The Labute approximate surface area is 436 Å². The van der Waals surface area contributed by atoms with Crippen molar-refractivity contribution in [3.63, 3.8) is 0 Å². The van der Waals surface area contributed by atoms with Gasteiger partial charge in [-0.3, -0.25) is 9.59 Å². The zero-order chi connectivity index (χ0) is 52.1. The van der Waals surface area contributed by atoms with Gasteiger partial charge in [-0.2, -0.15) is 0 Å². The van der Waals surface area contributed by atoms with Crippen molar-refractivity contribution < 1.29 is 38.2 Å². The van der Waals surface area contributed by atoms with Crippen LogP contribution in [0.4, 0.5) is 29.7 Å². The van der Waals surface area contributed by atoms with Gasteiger partial charge >= 0.3 is 12.2 Å². The number of hydrogen-bond acceptors (Lipinski definition) is 8. The van der Waals surface area contributed by atoms with Gasteiger partial charge in [-0.25, -0.2) is 28.3 Å². The van der Waals surface area contributed by atoms with Crippen molar-refractivity contribution in [3.8, 4) is 0 Å². The van der Waals surface area contributed by atoms with E-state index in [2.05, 4.69) is 51.5 Å². The fourth-order valence-corrected chi connectivity index (χ4v) is 14.4. The number of nitrogens with zero attached hydrogens (tertiary/aromatic N) is 6. The second-order valence-electron chi connectivity index (χ2n) is 22.8. The molecule has 6 fully saturated rings. The largest absolute Gasteiger partial charge is 0.465 e. The van der Waals surface area contributed by atoms with Crippen LogP contribution in [0.15, 0.2) is 48.5 Å². The first-order valence-corrected chi connectivity index (χ1v) is 27.9. The highest BCUT2D eigenvalue weighted by Crippen LogP contribution is 2.55. The van der Waals surface area contributed by atoms with Crippen LogP contribution in [-0.2, 0) is 15.1 Å². The maximum atomic E-state index is 16.7. The number of halogens is 2. The number of anilines is 2. The molecule has 6 N–H and O–H groups in total. The fourth-order valence-electron chi connectivity index (χ4n) is 14.4. The zero-order valence-electron chi connectivity index (χ0n) is 43.3. The Kier molecular flexibility index (Phi) is 14.1. The number of fused-ring (bicyclic) bond motifs is 2. The molecule has 2 aliphatic carbocycles. The molecule has 4 unspecified atom stereocenters. The van der Waals surface area contributed by atoms with E-state index in [1.54, 1.807) is 9.80 Å². The van der Waals surface area contributed by atoms with Gasteiger partial charge in [0.1, 0.15) is 29.4 Å². The van der Waals surface area contributed by atoms with Crippen molar-refractivity contribution in [1.29, 1.82) is 0 Å². The number of piperidine rings is 1. The predicted octanol–water partition coefficient (Wildman–Crippen LogP) is 11.0. The minimum absolute atomic E-state index is 0.00590. The second kappa shape index (κ2) is 20.9. The van der Waals surface area contributed by atoms with Gasteiger partial charge in [0, 0.05) is 31.9 Å². The molecule has 0 spiro atoms. The molecular weight excluding hydrogens is 959 g/mol. The SMILES string of the molecule is CC1C[C@H](c2ccc3[nH]c(C4CCCN4C(=O)C(NC(=O)O)C4CCCCC4)nc3c2)N(c2cc(F)c(N3CCCCC3)c(F)c2)[C@]1(C)c1ccc2[nH]c(C3CCCN3C(=O)[C@@H](NC(=O)O)C3CCCCC3)nc2c1. The lowest BCUT2D eigenvalue weighted by Gasteiger charge is -2.43. The average molecular weight is 1030 g/mol. The third kappa shape index (κ3) is 9.63. The van der Waals surface area contributed by atoms with E-state index in [0.29, 0.717) is 73.8 Å². The van der Waals surface area contributed by atoms with Gasteiger partial charge in [-0.15, -0.1) is 0 Å². The summed E-state index contributed by atoms with van der Waals surface area (Å²) in [6, 6.07) is 12.5. The molecule has 3 aromatic carbocycles. The van der Waals surface area contributed by atoms with Gasteiger partial charge < -0.3 is 50.4 Å². The Hall–Kier alpha value is -6.46. The van der Waals surface area contributed by atoms with E-state index in [1.165, 1.54) is 12.1 Å². The minimum atomic E-state index is -1.20. The molecule has 6 heterocycles. The van der Waals surface area contributed by atoms with Crippen LogP contribution in [0.5, 0.6) is 0 Å². The summed E-state index contributed by atoms with van der Waals surface area (Å²) in [5, 5.41) is 24.8. The molecule has 5 aromatic rings. The molecule has 0 radical (unpaired) electrons. The molecule has 16 nitrogen and oxygen atoms in total. The normalized spacial score (nSPS) is 25.8. The number of aromatic amines is 2. The second-order valence-corrected chi connectivity index (χ2v) is 22.8. The number of carboxylic acid groups (broad SMARTS) is 2. The molecule has 75 heavy (non-hydrogen) atoms. The molecule has 400 valence electrons. The number of likely N-dealkylation sites (tertiary alicyclic amines) is 2. The van der Waals surface area contributed by atoms with Crippen molar-refractivity contribution in [1.82, 2.24) is 40.4 Å². The van der Waals surface area contributed by atoms with Gasteiger partial charge in [-0.1, -0.05) is 57.6 Å². The minimum Gasteiger partial charge on any atom is -0.465 e. The molecule has 0 bridgehead atoms. The summed E-state index contributed by atoms with van der Waals surface area (Å²) < 4.78 is 33.4. The van der Waals surface area contributed by atoms with Gasteiger partial charge in [0.05, 0.1) is 45.7 Å². The molecular formula is C57H72F2N10O6. The predicted molar refractivity (Wildman–Crippen MR) is 281 cm³/mol. The van der Waals surface area contributed by atoms with Crippen molar-refractivity contribution >= 4 is 57.4 Å². The molecule has 7 atom stereocenters. The summed E-state index contributed by atoms with van der Waals surface area (Å²) in [5.41, 5.74) is 4.38. The van der Waals surface area contributed by atoms with E-state index in [0.717, 1.165) is 118 Å². The standard InChI is InChI=1S/C57H72F2N10O6/c1-33-28-47(36-20-22-41-43(29-36)62-51(60-41)45-18-12-26-67(45)53(70)48(64-55(72)73)34-14-6-3-7-15-34)69(38-31-39(58)50(40(59)32-38)66-24-10-5-11-25-66)57(33,2)37-21-23-42-44(30-37)63-52(61-42)46-19-13-27-68(46)54(71)49(65-56(74)75)35-16-8-4-9-17-35/h20-23,29-35,45-49,64-65H,3-19,24-28H2,1-2H3,(H,60,62)(H,61,63)(H,72,73)(H,74,75)/t33?,45?,46?,47-,48?,49+,57+/m1/s1. The number of carbonyl (C=O) groups is 4. The number of amides is 4. The van der Waals surface area contributed by atoms with Crippen LogP contribution >= 0.6 is 0 Å². The highest BCUT2D eigenvalue weighted by molar-refractivity contribution is 5.87. The number of aromatic nitrogens is 4. The van der Waals surface area contributed by atoms with Crippen LogP contribution in [-0.4, -0.2) is 102 Å². The molecule has 18 heteroatoms. The number of hydrogen-bond donors (Lipinski definition) is 6. The number of nitrogens with one attached hydrogen (secondary N) is 4. The van der Waals surface area contributed by atoms with Crippen LogP contribution in [0.25, 0.3) is 22.1 Å². The monoisotopic (exact) mass is 1030 g/mol. The summed E-state index contributed by atoms with van der Waals surface area (Å²) in [4.78, 5) is 77.4. The van der Waals surface area contributed by atoms with E-state index in [4.69, 9.17) is 9.97 Å². The number of H-pyrrole nitrogens is 2. The Morgan fingerprint density at radius 1 is 0.627 bits per heavy atom. The van der Waals surface area contributed by atoms with Crippen molar-refractivity contribution in [2.24, 2.45) is 17.8 Å². The lowest BCUT2D eigenvalue weighted by molar-refractivity contribution is -0.136. The van der Waals surface area contributed by atoms with Gasteiger partial charge in [0.2, 0.25) is 11.8 Å². The van der Waals surface area contributed by atoms with Gasteiger partial charge in [0.25, 0.3) is 0 Å². The molecule has 11 rings (SSSR count). The van der Waals surface area contributed by atoms with E-state index in [1.807, 2.05) is 29.2 Å². The number of benzene rings is 3. The zero-order valence-corrected chi connectivity index (χ0v) is 43.3. The Bertz CT molecular complexity index is 2920. The molecule has 2 saturated carbocycles. The van der Waals surface area contributed by atoms with Crippen LogP contribution < -0.4 is 20.4 Å². The quantitative estimate of drug-likeness (QED) is 0.0698. The fraction of sp³-hybridized carbons (Fsp3) is 0.579. The highest BCUT2D eigenvalue weighted by atomic mass is 19.1. The molecule has 4 saturated heterocycles. The summed E-state index contributed by atoms with van der Waals surface area (Å²) in [6.07, 6.45) is 13.1. The molecule has 4 amide bonds. The van der Waals surface area contributed by atoms with E-state index in [9.17, 15) is 29.4 Å². The first-order valence-electron chi connectivity index (χ1n) is 27.9. The van der Waals surface area contributed by atoms with Crippen LogP contribution in [0, 0.1) is 29.4 Å². The topological polar surface area (TPSA) is 203 Å². The van der Waals surface area contributed by atoms with Gasteiger partial charge in [0.15, 0.2) is 11.6 Å². The summed E-state index contributed by atoms with van der Waals surface area (Å²) >= 11 is 0. The van der Waals surface area contributed by atoms with Crippen LogP contribution in [0.1, 0.15) is 170 Å². The van der Waals surface area contributed by atoms with Crippen molar-refractivity contribution in [2.45, 2.75) is 165 Å². The lowest BCUT2D eigenvalue weighted by atomic mass is 9.81. The first kappa shape index (κ1) is 50.7.